The van der Waals surface area contributed by atoms with Crippen LogP contribution in [0, 0.1) is 0 Å². The van der Waals surface area contributed by atoms with Crippen molar-refractivity contribution in [1.82, 2.24) is 4.57 Å². The highest BCUT2D eigenvalue weighted by Crippen LogP contribution is 2.06. The van der Waals surface area contributed by atoms with E-state index in [1.807, 2.05) is 18.3 Å². The average molecular weight is 306 g/mol. The van der Waals surface area contributed by atoms with Crippen molar-refractivity contribution < 1.29 is 0 Å². The van der Waals surface area contributed by atoms with Crippen molar-refractivity contribution in [2.45, 2.75) is 25.8 Å². The summed E-state index contributed by atoms with van der Waals surface area (Å²) in [5.74, 6) is 0. The molecular weight excluding hydrogens is 290 g/mol. The molecular formula is C15H16BrNO. The maximum absolute atomic E-state index is 11.7. The molecule has 2 rings (SSSR count). The topological polar surface area (TPSA) is 22.0 Å². The monoisotopic (exact) mass is 305 g/mol. The molecule has 0 amide bonds. The lowest BCUT2D eigenvalue weighted by Gasteiger charge is -2.06. The van der Waals surface area contributed by atoms with Crippen LogP contribution in [0.5, 0.6) is 0 Å². The first kappa shape index (κ1) is 13.1. The summed E-state index contributed by atoms with van der Waals surface area (Å²) in [6.07, 6.45) is 5.04. The van der Waals surface area contributed by atoms with Crippen molar-refractivity contribution in [3.05, 3.63) is 69.1 Å². The molecule has 0 fully saturated rings. The van der Waals surface area contributed by atoms with Crippen LogP contribution < -0.4 is 5.56 Å². The van der Waals surface area contributed by atoms with Crippen molar-refractivity contribution in [2.24, 2.45) is 0 Å². The smallest absolute Gasteiger partial charge is 0.264 e. The van der Waals surface area contributed by atoms with Gasteiger partial charge in [-0.3, -0.25) is 4.79 Å². The molecule has 0 aliphatic carbocycles. The first-order valence-electron chi connectivity index (χ1n) is 6.16. The molecule has 0 saturated carbocycles. The van der Waals surface area contributed by atoms with Crippen molar-refractivity contribution in [2.75, 3.05) is 0 Å². The van der Waals surface area contributed by atoms with Gasteiger partial charge in [0, 0.05) is 12.7 Å². The highest BCUT2D eigenvalue weighted by Gasteiger charge is 1.99. The largest absolute Gasteiger partial charge is 0.315 e. The molecule has 0 saturated heterocycles. The number of pyridine rings is 1. The number of aromatic nitrogens is 1. The molecule has 18 heavy (non-hydrogen) atoms. The van der Waals surface area contributed by atoms with Crippen LogP contribution in [0.1, 0.15) is 18.4 Å². The number of nitrogens with zero attached hydrogens (tertiary/aromatic N) is 1. The number of aryl methyl sites for hydroxylation is 2. The van der Waals surface area contributed by atoms with Crippen LogP contribution in [0.3, 0.4) is 0 Å². The van der Waals surface area contributed by atoms with Crippen molar-refractivity contribution >= 4 is 15.9 Å². The second-order valence-corrected chi connectivity index (χ2v) is 5.15. The Morgan fingerprint density at radius 2 is 1.78 bits per heavy atom. The molecule has 1 aromatic carbocycles. The molecule has 0 aliphatic rings. The van der Waals surface area contributed by atoms with Gasteiger partial charge in [-0.15, -0.1) is 0 Å². The minimum Gasteiger partial charge on any atom is -0.315 e. The van der Waals surface area contributed by atoms with Gasteiger partial charge in [0.2, 0.25) is 0 Å². The van der Waals surface area contributed by atoms with Gasteiger partial charge < -0.3 is 4.57 Å². The lowest BCUT2D eigenvalue weighted by Crippen LogP contribution is -2.19. The highest BCUT2D eigenvalue weighted by atomic mass is 79.9. The first-order valence-corrected chi connectivity index (χ1v) is 6.95. The van der Waals surface area contributed by atoms with Gasteiger partial charge in [-0.1, -0.05) is 30.3 Å². The standard InChI is InChI=1S/C15H16BrNO/c16-14-10-6-12-17(15(14)18)11-5-4-9-13-7-2-1-3-8-13/h1-3,6-8,10,12H,4-5,9,11H2. The molecule has 0 aliphatic heterocycles. The molecule has 0 N–H and O–H groups in total. The summed E-state index contributed by atoms with van der Waals surface area (Å²) < 4.78 is 2.39. The Morgan fingerprint density at radius 3 is 2.56 bits per heavy atom. The van der Waals surface area contributed by atoms with E-state index in [1.165, 1.54) is 5.56 Å². The summed E-state index contributed by atoms with van der Waals surface area (Å²) >= 11 is 3.26. The summed E-state index contributed by atoms with van der Waals surface area (Å²) in [4.78, 5) is 11.7. The van der Waals surface area contributed by atoms with Gasteiger partial charge in [0.05, 0.1) is 4.47 Å². The van der Waals surface area contributed by atoms with Gasteiger partial charge >= 0.3 is 0 Å². The van der Waals surface area contributed by atoms with Gasteiger partial charge in [0.25, 0.3) is 5.56 Å². The van der Waals surface area contributed by atoms with Crippen LogP contribution in [0.2, 0.25) is 0 Å². The fraction of sp³-hybridized carbons (Fsp3) is 0.267. The van der Waals surface area contributed by atoms with Crippen LogP contribution in [-0.4, -0.2) is 4.57 Å². The van der Waals surface area contributed by atoms with E-state index in [0.717, 1.165) is 25.8 Å². The van der Waals surface area contributed by atoms with Gasteiger partial charge in [0.1, 0.15) is 0 Å². The summed E-state index contributed by atoms with van der Waals surface area (Å²) in [5.41, 5.74) is 1.41. The van der Waals surface area contributed by atoms with Crippen LogP contribution in [0.25, 0.3) is 0 Å². The van der Waals surface area contributed by atoms with Crippen LogP contribution in [0.15, 0.2) is 57.9 Å². The van der Waals surface area contributed by atoms with Crippen LogP contribution >= 0.6 is 15.9 Å². The van der Waals surface area contributed by atoms with E-state index in [2.05, 4.69) is 40.2 Å². The van der Waals surface area contributed by atoms with E-state index in [4.69, 9.17) is 0 Å². The predicted octanol–water partition coefficient (Wildman–Crippen LogP) is 3.63. The molecule has 0 radical (unpaired) electrons. The summed E-state index contributed by atoms with van der Waals surface area (Å²) in [6, 6.07) is 14.1. The molecule has 94 valence electrons. The number of benzene rings is 1. The number of unbranched alkanes of at least 4 members (excludes halogenated alkanes) is 1. The minimum atomic E-state index is 0.0530. The fourth-order valence-electron chi connectivity index (χ4n) is 1.94. The Labute approximate surface area is 115 Å². The first-order chi connectivity index (χ1) is 8.77. The normalized spacial score (nSPS) is 10.5. The molecule has 0 spiro atoms. The zero-order chi connectivity index (χ0) is 12.8. The van der Waals surface area contributed by atoms with Crippen LogP contribution in [-0.2, 0) is 13.0 Å². The average Bonchev–Trinajstić information content (AvgIpc) is 2.40. The number of hydrogen-bond donors (Lipinski definition) is 0. The summed E-state index contributed by atoms with van der Waals surface area (Å²) in [5, 5.41) is 0. The molecule has 0 atom stereocenters. The maximum Gasteiger partial charge on any atom is 0.264 e. The predicted molar refractivity (Wildman–Crippen MR) is 77.8 cm³/mol. The number of hydrogen-bond acceptors (Lipinski definition) is 1. The third-order valence-corrected chi connectivity index (χ3v) is 3.53. The summed E-state index contributed by atoms with van der Waals surface area (Å²) in [7, 11) is 0. The Hall–Kier alpha value is -1.35. The third-order valence-electron chi connectivity index (χ3n) is 2.93. The van der Waals surface area contributed by atoms with E-state index in [9.17, 15) is 4.79 Å². The van der Waals surface area contributed by atoms with Crippen LogP contribution in [0.4, 0.5) is 0 Å². The molecule has 0 unspecified atom stereocenters. The van der Waals surface area contributed by atoms with E-state index < -0.39 is 0 Å². The van der Waals surface area contributed by atoms with Gasteiger partial charge in [0.15, 0.2) is 0 Å². The Kier molecular flexibility index (Phi) is 4.76. The molecule has 1 aromatic heterocycles. The zero-order valence-corrected chi connectivity index (χ0v) is 11.8. The quantitative estimate of drug-likeness (QED) is 0.773. The summed E-state index contributed by atoms with van der Waals surface area (Å²) in [6.45, 7) is 0.783. The van der Waals surface area contributed by atoms with Crippen molar-refractivity contribution in [1.29, 1.82) is 0 Å². The molecule has 1 heterocycles. The molecule has 3 heteroatoms. The molecule has 0 bridgehead atoms. The minimum absolute atomic E-state index is 0.0530. The Balaban J connectivity index is 1.82. The van der Waals surface area contributed by atoms with Crippen molar-refractivity contribution in [3.8, 4) is 0 Å². The molecule has 2 nitrogen and oxygen atoms in total. The van der Waals surface area contributed by atoms with E-state index in [1.54, 1.807) is 10.6 Å². The van der Waals surface area contributed by atoms with E-state index >= 15 is 0 Å². The Bertz CT molecular complexity index is 548. The van der Waals surface area contributed by atoms with E-state index in [0.29, 0.717) is 4.47 Å². The van der Waals surface area contributed by atoms with Gasteiger partial charge in [-0.2, -0.15) is 0 Å². The SMILES string of the molecule is O=c1c(Br)cccn1CCCCc1ccccc1. The zero-order valence-electron chi connectivity index (χ0n) is 10.2. The second kappa shape index (κ2) is 6.55. The van der Waals surface area contributed by atoms with Gasteiger partial charge in [-0.05, 0) is 52.9 Å². The maximum atomic E-state index is 11.7. The number of halogens is 1. The Morgan fingerprint density at radius 1 is 1.00 bits per heavy atom. The fourth-order valence-corrected chi connectivity index (χ4v) is 2.32. The number of rotatable bonds is 5. The second-order valence-electron chi connectivity index (χ2n) is 4.30. The molecule has 2 aromatic rings. The van der Waals surface area contributed by atoms with E-state index in [-0.39, 0.29) is 5.56 Å². The lowest BCUT2D eigenvalue weighted by molar-refractivity contribution is 0.592. The van der Waals surface area contributed by atoms with Crippen molar-refractivity contribution in [3.63, 3.8) is 0 Å². The lowest BCUT2D eigenvalue weighted by atomic mass is 10.1. The third kappa shape index (κ3) is 3.57. The van der Waals surface area contributed by atoms with Gasteiger partial charge in [-0.25, -0.2) is 0 Å². The highest BCUT2D eigenvalue weighted by molar-refractivity contribution is 9.10.